The zero-order valence-electron chi connectivity index (χ0n) is 30.1. The van der Waals surface area contributed by atoms with Gasteiger partial charge >= 0.3 is 0 Å². The first-order valence-electron chi connectivity index (χ1n) is 18.7. The van der Waals surface area contributed by atoms with Crippen LogP contribution in [0.15, 0.2) is 192 Å². The first-order valence-corrected chi connectivity index (χ1v) is 19.5. The maximum Gasteiger partial charge on any atom is 0.161 e. The van der Waals surface area contributed by atoms with Crippen LogP contribution in [-0.4, -0.2) is 17.9 Å². The van der Waals surface area contributed by atoms with Gasteiger partial charge in [0.2, 0.25) is 0 Å². The predicted octanol–water partition coefficient (Wildman–Crippen LogP) is 13.9. The molecule has 0 spiro atoms. The maximum atomic E-state index is 9.08. The van der Waals surface area contributed by atoms with E-state index in [1.54, 1.807) is 11.3 Å². The highest BCUT2D eigenvalue weighted by Crippen LogP contribution is 2.53. The third kappa shape index (κ3) is 5.32. The minimum Gasteiger partial charge on any atom is -0.309 e. The Bertz CT molecular complexity index is 3280. The molecule has 0 radical (unpaired) electrons. The van der Waals surface area contributed by atoms with Crippen LogP contribution in [0.1, 0.15) is 16.7 Å². The number of amidine groups is 2. The lowest BCUT2D eigenvalue weighted by Gasteiger charge is -2.34. The van der Waals surface area contributed by atoms with Crippen molar-refractivity contribution < 1.29 is 0 Å². The van der Waals surface area contributed by atoms with Crippen LogP contribution >= 0.6 is 11.3 Å². The van der Waals surface area contributed by atoms with Crippen LogP contribution in [0.3, 0.4) is 0 Å². The van der Waals surface area contributed by atoms with E-state index >= 15 is 0 Å². The summed E-state index contributed by atoms with van der Waals surface area (Å²) in [5, 5.41) is 18.6. The molecule has 11 rings (SSSR count). The number of nitrogens with one attached hydrogen (secondary N) is 1. The number of hydrogen-bond donors (Lipinski definition) is 1. The molecule has 0 saturated heterocycles. The molecule has 10 aromatic rings. The van der Waals surface area contributed by atoms with Gasteiger partial charge in [0.15, 0.2) is 11.7 Å². The molecule has 5 heteroatoms. The Hall–Kier alpha value is -7.21. The van der Waals surface area contributed by atoms with Crippen molar-refractivity contribution in [3.05, 3.63) is 199 Å². The van der Waals surface area contributed by atoms with Gasteiger partial charge in [0.05, 0.1) is 17.1 Å². The average molecular weight is 733 g/mol. The molecule has 1 aliphatic heterocycles. The second-order valence-electron chi connectivity index (χ2n) is 14.2. The summed E-state index contributed by atoms with van der Waals surface area (Å²) in [7, 11) is 0. The van der Waals surface area contributed by atoms with E-state index in [2.05, 4.69) is 150 Å². The highest BCUT2D eigenvalue weighted by Gasteiger charge is 2.27. The van der Waals surface area contributed by atoms with Gasteiger partial charge in [0, 0.05) is 53.8 Å². The molecule has 0 aliphatic carbocycles. The van der Waals surface area contributed by atoms with Crippen LogP contribution < -0.4 is 4.90 Å². The van der Waals surface area contributed by atoms with Gasteiger partial charge in [0.25, 0.3) is 0 Å². The standard InChI is InChI=1S/C51H32N4S/c52-50(38-24-26-48-43(29-38)40-18-6-7-22-47(40)56-48)54-51(34-11-2-1-3-12-34)53-31-32-23-25-39-37(27-32)17-10-20-44(39)55-45-21-9-16-33-15-8-19-41(49(33)45)42-28-35-13-4-5-14-36(35)30-46(42)55/h1-31,52H. The summed E-state index contributed by atoms with van der Waals surface area (Å²) in [6.07, 6.45) is 1.86. The van der Waals surface area contributed by atoms with E-state index < -0.39 is 0 Å². The molecule has 0 unspecified atom stereocenters. The molecule has 1 aromatic heterocycles. The first kappa shape index (κ1) is 32.2. The van der Waals surface area contributed by atoms with Crippen LogP contribution in [0.25, 0.3) is 63.6 Å². The van der Waals surface area contributed by atoms with Gasteiger partial charge in [0.1, 0.15) is 0 Å². The number of thiophene rings is 1. The van der Waals surface area contributed by atoms with E-state index in [0.29, 0.717) is 5.84 Å². The second kappa shape index (κ2) is 13.0. The van der Waals surface area contributed by atoms with Crippen molar-refractivity contribution >= 4 is 98.8 Å². The average Bonchev–Trinajstić information content (AvgIpc) is 3.63. The quantitative estimate of drug-likeness (QED) is 0.142. The third-order valence-electron chi connectivity index (χ3n) is 10.9. The Balaban J connectivity index is 0.996. The molecule has 0 fully saturated rings. The molecule has 9 aromatic carbocycles. The van der Waals surface area contributed by atoms with Crippen molar-refractivity contribution in [3.63, 3.8) is 0 Å². The van der Waals surface area contributed by atoms with Gasteiger partial charge in [-0.3, -0.25) is 5.41 Å². The van der Waals surface area contributed by atoms with Crippen molar-refractivity contribution in [2.75, 3.05) is 4.90 Å². The van der Waals surface area contributed by atoms with Crippen LogP contribution in [0.5, 0.6) is 0 Å². The smallest absolute Gasteiger partial charge is 0.161 e. The number of hydrogen-bond acceptors (Lipinski definition) is 3. The van der Waals surface area contributed by atoms with Gasteiger partial charge in [-0.05, 0) is 87.3 Å². The van der Waals surface area contributed by atoms with Gasteiger partial charge in [-0.15, -0.1) is 11.3 Å². The van der Waals surface area contributed by atoms with Gasteiger partial charge < -0.3 is 4.90 Å². The monoisotopic (exact) mass is 732 g/mol. The minimum absolute atomic E-state index is 0.174. The molecule has 1 N–H and O–H groups in total. The largest absolute Gasteiger partial charge is 0.309 e. The SMILES string of the molecule is N=C(N=C(N=Cc1ccc2c(N3c4cc5ccccc5cc4-c4cccc5cccc3c45)cccc2c1)c1ccccc1)c1ccc2sc3ccccc3c2c1. The van der Waals surface area contributed by atoms with E-state index in [4.69, 9.17) is 15.4 Å². The maximum absolute atomic E-state index is 9.08. The molecule has 2 heterocycles. The summed E-state index contributed by atoms with van der Waals surface area (Å²) >= 11 is 1.77. The molecular formula is C51H32N4S. The fourth-order valence-electron chi connectivity index (χ4n) is 8.25. The second-order valence-corrected chi connectivity index (χ2v) is 15.3. The van der Waals surface area contributed by atoms with Crippen molar-refractivity contribution in [2.24, 2.45) is 9.98 Å². The highest BCUT2D eigenvalue weighted by atomic mass is 32.1. The van der Waals surface area contributed by atoms with E-state index in [9.17, 15) is 0 Å². The number of anilines is 3. The van der Waals surface area contributed by atoms with E-state index in [1.165, 1.54) is 58.8 Å². The summed E-state index contributed by atoms with van der Waals surface area (Å²) < 4.78 is 2.44. The molecule has 0 bridgehead atoms. The molecular weight excluding hydrogens is 701 g/mol. The molecule has 4 nitrogen and oxygen atoms in total. The number of fused-ring (bicyclic) bond motifs is 7. The fourth-order valence-corrected chi connectivity index (χ4v) is 9.33. The lowest BCUT2D eigenvalue weighted by molar-refractivity contribution is 1.30. The molecule has 0 saturated carbocycles. The number of rotatable bonds is 4. The number of benzene rings is 9. The lowest BCUT2D eigenvalue weighted by atomic mass is 9.89. The molecule has 56 heavy (non-hydrogen) atoms. The van der Waals surface area contributed by atoms with Gasteiger partial charge in [-0.2, -0.15) is 0 Å². The van der Waals surface area contributed by atoms with Crippen molar-refractivity contribution in [1.29, 1.82) is 5.41 Å². The summed E-state index contributed by atoms with van der Waals surface area (Å²) in [5.74, 6) is 0.663. The highest BCUT2D eigenvalue weighted by molar-refractivity contribution is 7.25. The van der Waals surface area contributed by atoms with E-state index in [1.807, 2.05) is 42.6 Å². The Morgan fingerprint density at radius 2 is 1.20 bits per heavy atom. The minimum atomic E-state index is 0.174. The van der Waals surface area contributed by atoms with Crippen LogP contribution in [0, 0.1) is 5.41 Å². The topological polar surface area (TPSA) is 51.8 Å². The molecule has 0 amide bonds. The van der Waals surface area contributed by atoms with Gasteiger partial charge in [-0.25, -0.2) is 9.98 Å². The molecule has 1 aliphatic rings. The molecule has 0 atom stereocenters. The Morgan fingerprint density at radius 3 is 2.07 bits per heavy atom. The van der Waals surface area contributed by atoms with Crippen LogP contribution in [0.2, 0.25) is 0 Å². The van der Waals surface area contributed by atoms with Crippen LogP contribution in [0.4, 0.5) is 17.1 Å². The Labute approximate surface area is 327 Å². The Morgan fingerprint density at radius 1 is 0.482 bits per heavy atom. The zero-order chi connectivity index (χ0) is 37.2. The predicted molar refractivity (Wildman–Crippen MR) is 239 cm³/mol. The van der Waals surface area contributed by atoms with E-state index in [-0.39, 0.29) is 5.84 Å². The van der Waals surface area contributed by atoms with E-state index in [0.717, 1.165) is 38.5 Å². The van der Waals surface area contributed by atoms with Crippen molar-refractivity contribution in [1.82, 2.24) is 0 Å². The first-order chi connectivity index (χ1) is 27.7. The number of nitrogens with zero attached hydrogens (tertiary/aromatic N) is 3. The summed E-state index contributed by atoms with van der Waals surface area (Å²) in [6, 6.07) is 64.1. The summed E-state index contributed by atoms with van der Waals surface area (Å²) in [6.45, 7) is 0. The van der Waals surface area contributed by atoms with Crippen molar-refractivity contribution in [2.45, 2.75) is 0 Å². The third-order valence-corrected chi connectivity index (χ3v) is 12.0. The van der Waals surface area contributed by atoms with Gasteiger partial charge in [-0.1, -0.05) is 127 Å². The zero-order valence-corrected chi connectivity index (χ0v) is 31.0. The van der Waals surface area contributed by atoms with Crippen LogP contribution in [-0.2, 0) is 0 Å². The normalized spacial score (nSPS) is 12.7. The Kier molecular flexibility index (Phi) is 7.47. The fraction of sp³-hybridized carbons (Fsp3) is 0. The van der Waals surface area contributed by atoms with Crippen molar-refractivity contribution in [3.8, 4) is 11.1 Å². The lowest BCUT2D eigenvalue weighted by Crippen LogP contribution is -2.15. The summed E-state index contributed by atoms with van der Waals surface area (Å²) in [4.78, 5) is 12.2. The summed E-state index contributed by atoms with van der Waals surface area (Å²) in [5.41, 5.74) is 8.53. The molecule has 262 valence electrons. The number of aliphatic imine (C=N–C) groups is 2.